The Labute approximate surface area is 76.4 Å². The predicted molar refractivity (Wildman–Crippen MR) is 47.8 cm³/mol. The van der Waals surface area contributed by atoms with Gasteiger partial charge in [-0.3, -0.25) is 0 Å². The first-order chi connectivity index (χ1) is 6.25. The number of hydrogen-bond acceptors (Lipinski definition) is 3. The first-order valence-electron chi connectivity index (χ1n) is 4.50. The van der Waals surface area contributed by atoms with Crippen LogP contribution in [0.25, 0.3) is 0 Å². The summed E-state index contributed by atoms with van der Waals surface area (Å²) in [5.74, 6) is 0.860. The zero-order valence-corrected chi connectivity index (χ0v) is 7.50. The molecule has 0 unspecified atom stereocenters. The highest BCUT2D eigenvalue weighted by Gasteiger charge is 2.28. The van der Waals surface area contributed by atoms with Crippen molar-refractivity contribution in [2.24, 2.45) is 5.92 Å². The van der Waals surface area contributed by atoms with Crippen LogP contribution in [0.15, 0.2) is 12.4 Å². The maximum Gasteiger partial charge on any atom is 0.222 e. The number of anilines is 1. The molecule has 3 nitrogen and oxygen atoms in total. The molecule has 1 aromatic rings. The van der Waals surface area contributed by atoms with Gasteiger partial charge in [0, 0.05) is 6.04 Å². The van der Waals surface area contributed by atoms with Gasteiger partial charge in [-0.1, -0.05) is 0 Å². The Hall–Kier alpha value is -1.19. The van der Waals surface area contributed by atoms with E-state index >= 15 is 0 Å². The average molecular weight is 181 g/mol. The summed E-state index contributed by atoms with van der Waals surface area (Å²) < 4.78 is 12.4. The lowest BCUT2D eigenvalue weighted by Crippen LogP contribution is -2.18. The Morgan fingerprint density at radius 2 is 2.08 bits per heavy atom. The summed E-state index contributed by atoms with van der Waals surface area (Å²) in [6.45, 7) is 2.10. The third kappa shape index (κ3) is 2.14. The molecule has 1 saturated carbocycles. The summed E-state index contributed by atoms with van der Waals surface area (Å²) in [7, 11) is 0. The van der Waals surface area contributed by atoms with E-state index in [1.165, 1.54) is 25.2 Å². The van der Waals surface area contributed by atoms with Gasteiger partial charge in [-0.15, -0.1) is 0 Å². The molecule has 0 bridgehead atoms. The number of nitrogens with one attached hydrogen (secondary N) is 1. The second-order valence-electron chi connectivity index (χ2n) is 3.50. The molecular weight excluding hydrogens is 169 g/mol. The fourth-order valence-electron chi connectivity index (χ4n) is 1.30. The highest BCUT2D eigenvalue weighted by molar-refractivity contribution is 5.25. The average Bonchev–Trinajstić information content (AvgIpc) is 2.91. The maximum absolute atomic E-state index is 12.4. The van der Waals surface area contributed by atoms with Gasteiger partial charge in [0.15, 0.2) is 5.82 Å². The van der Waals surface area contributed by atoms with Crippen LogP contribution in [-0.2, 0) is 0 Å². The van der Waals surface area contributed by atoms with Crippen molar-refractivity contribution in [2.45, 2.75) is 25.8 Å². The molecular formula is C9H12FN3. The molecule has 1 N–H and O–H groups in total. The molecule has 1 fully saturated rings. The van der Waals surface area contributed by atoms with Crippen molar-refractivity contribution in [3.63, 3.8) is 0 Å². The standard InChI is InChI=1S/C9H12FN3/c1-6(7-2-3-7)13-9-11-4-8(10)5-12-9/h4-7H,2-3H2,1H3,(H,11,12,13)/t6-/m0/s1. The van der Waals surface area contributed by atoms with Gasteiger partial charge in [-0.05, 0) is 25.7 Å². The van der Waals surface area contributed by atoms with Crippen molar-refractivity contribution >= 4 is 5.95 Å². The first kappa shape index (κ1) is 8.41. The Balaban J connectivity index is 1.96. The zero-order valence-electron chi connectivity index (χ0n) is 7.50. The smallest absolute Gasteiger partial charge is 0.222 e. The van der Waals surface area contributed by atoms with Crippen LogP contribution in [0.5, 0.6) is 0 Å². The summed E-state index contributed by atoms with van der Waals surface area (Å²) in [5, 5.41) is 3.14. The van der Waals surface area contributed by atoms with Crippen molar-refractivity contribution in [3.05, 3.63) is 18.2 Å². The van der Waals surface area contributed by atoms with Crippen LogP contribution in [0.1, 0.15) is 19.8 Å². The molecule has 70 valence electrons. The lowest BCUT2D eigenvalue weighted by atomic mass is 10.2. The first-order valence-corrected chi connectivity index (χ1v) is 4.50. The molecule has 0 spiro atoms. The number of rotatable bonds is 3. The van der Waals surface area contributed by atoms with E-state index in [2.05, 4.69) is 22.2 Å². The molecule has 1 aliphatic rings. The maximum atomic E-state index is 12.4. The molecule has 2 rings (SSSR count). The van der Waals surface area contributed by atoms with E-state index in [1.807, 2.05) is 0 Å². The summed E-state index contributed by atoms with van der Waals surface area (Å²) in [6.07, 6.45) is 4.90. The quantitative estimate of drug-likeness (QED) is 0.773. The minimum atomic E-state index is -0.398. The molecule has 0 amide bonds. The van der Waals surface area contributed by atoms with Crippen LogP contribution in [0, 0.1) is 11.7 Å². The molecule has 1 heterocycles. The van der Waals surface area contributed by atoms with E-state index in [0.29, 0.717) is 12.0 Å². The van der Waals surface area contributed by atoms with Gasteiger partial charge in [-0.25, -0.2) is 14.4 Å². The normalized spacial score (nSPS) is 18.3. The lowest BCUT2D eigenvalue weighted by molar-refractivity contribution is 0.611. The van der Waals surface area contributed by atoms with Crippen molar-refractivity contribution in [1.82, 2.24) is 9.97 Å². The molecule has 1 aliphatic carbocycles. The number of hydrogen-bond donors (Lipinski definition) is 1. The van der Waals surface area contributed by atoms with E-state index in [-0.39, 0.29) is 0 Å². The predicted octanol–water partition coefficient (Wildman–Crippen LogP) is 1.83. The van der Waals surface area contributed by atoms with Crippen LogP contribution in [0.2, 0.25) is 0 Å². The fourth-order valence-corrected chi connectivity index (χ4v) is 1.30. The van der Waals surface area contributed by atoms with E-state index < -0.39 is 5.82 Å². The van der Waals surface area contributed by atoms with Crippen molar-refractivity contribution in [2.75, 3.05) is 5.32 Å². The van der Waals surface area contributed by atoms with Gasteiger partial charge in [-0.2, -0.15) is 0 Å². The third-order valence-corrected chi connectivity index (χ3v) is 2.31. The minimum Gasteiger partial charge on any atom is -0.351 e. The molecule has 13 heavy (non-hydrogen) atoms. The molecule has 0 aliphatic heterocycles. The highest BCUT2D eigenvalue weighted by atomic mass is 19.1. The summed E-state index contributed by atoms with van der Waals surface area (Å²) >= 11 is 0. The molecule has 1 aromatic heterocycles. The Kier molecular flexibility index (Phi) is 2.12. The van der Waals surface area contributed by atoms with Crippen LogP contribution in [0.4, 0.5) is 10.3 Å². The van der Waals surface area contributed by atoms with E-state index in [4.69, 9.17) is 0 Å². The van der Waals surface area contributed by atoms with Crippen molar-refractivity contribution in [3.8, 4) is 0 Å². The Morgan fingerprint density at radius 1 is 1.46 bits per heavy atom. The highest BCUT2D eigenvalue weighted by Crippen LogP contribution is 2.33. The Bertz CT molecular complexity index is 281. The molecule has 4 heteroatoms. The van der Waals surface area contributed by atoms with Gasteiger partial charge in [0.25, 0.3) is 0 Å². The summed E-state index contributed by atoms with van der Waals surface area (Å²) in [4.78, 5) is 7.66. The zero-order chi connectivity index (χ0) is 9.26. The van der Waals surface area contributed by atoms with Crippen LogP contribution >= 0.6 is 0 Å². The SMILES string of the molecule is C[C@H](Nc1ncc(F)cn1)C1CC1. The van der Waals surface area contributed by atoms with Crippen molar-refractivity contribution in [1.29, 1.82) is 0 Å². The summed E-state index contributed by atoms with van der Waals surface area (Å²) in [6, 6.07) is 0.394. The lowest BCUT2D eigenvalue weighted by Gasteiger charge is -2.11. The summed E-state index contributed by atoms with van der Waals surface area (Å²) in [5.41, 5.74) is 0. The van der Waals surface area contributed by atoms with Crippen LogP contribution in [-0.4, -0.2) is 16.0 Å². The monoisotopic (exact) mass is 181 g/mol. The second kappa shape index (κ2) is 3.28. The van der Waals surface area contributed by atoms with Crippen LogP contribution < -0.4 is 5.32 Å². The third-order valence-electron chi connectivity index (χ3n) is 2.31. The number of halogens is 1. The van der Waals surface area contributed by atoms with E-state index in [0.717, 1.165) is 5.92 Å². The number of nitrogens with zero attached hydrogens (tertiary/aromatic N) is 2. The van der Waals surface area contributed by atoms with E-state index in [1.54, 1.807) is 0 Å². The molecule has 0 aromatic carbocycles. The molecule has 0 radical (unpaired) electrons. The Morgan fingerprint density at radius 3 is 2.62 bits per heavy atom. The van der Waals surface area contributed by atoms with Crippen molar-refractivity contribution < 1.29 is 4.39 Å². The van der Waals surface area contributed by atoms with Gasteiger partial charge >= 0.3 is 0 Å². The van der Waals surface area contributed by atoms with Gasteiger partial charge in [0.05, 0.1) is 12.4 Å². The van der Waals surface area contributed by atoms with E-state index in [9.17, 15) is 4.39 Å². The van der Waals surface area contributed by atoms with Gasteiger partial charge < -0.3 is 5.32 Å². The topological polar surface area (TPSA) is 37.8 Å². The van der Waals surface area contributed by atoms with Crippen LogP contribution in [0.3, 0.4) is 0 Å². The second-order valence-corrected chi connectivity index (χ2v) is 3.50. The number of aromatic nitrogens is 2. The largest absolute Gasteiger partial charge is 0.351 e. The van der Waals surface area contributed by atoms with Gasteiger partial charge in [0.2, 0.25) is 5.95 Å². The molecule has 1 atom stereocenters. The van der Waals surface area contributed by atoms with Gasteiger partial charge in [0.1, 0.15) is 0 Å². The fraction of sp³-hybridized carbons (Fsp3) is 0.556. The minimum absolute atomic E-state index is 0.394. The molecule has 0 saturated heterocycles.